The maximum Gasteiger partial charge on any atom is 0.141 e. The van der Waals surface area contributed by atoms with Crippen molar-refractivity contribution >= 4 is 17.6 Å². The molecule has 0 aromatic heterocycles. The Balaban J connectivity index is 2.60. The van der Waals surface area contributed by atoms with Crippen LogP contribution in [-0.2, 0) is 0 Å². The molecule has 1 aromatic rings. The normalized spacial score (nSPS) is 15.2. The molecule has 0 saturated heterocycles. The van der Waals surface area contributed by atoms with Gasteiger partial charge in [-0.1, -0.05) is 42.4 Å². The van der Waals surface area contributed by atoms with Crippen molar-refractivity contribution in [2.75, 3.05) is 12.8 Å². The predicted molar refractivity (Wildman–Crippen MR) is 82.8 cm³/mol. The SMILES string of the molecule is CSC(C)CCNC(C/C(N)=N/O)c1ccccc1. The molecule has 0 amide bonds. The molecule has 0 spiro atoms. The highest BCUT2D eigenvalue weighted by atomic mass is 32.2. The topological polar surface area (TPSA) is 70.6 Å². The van der Waals surface area contributed by atoms with Gasteiger partial charge >= 0.3 is 0 Å². The van der Waals surface area contributed by atoms with E-state index < -0.39 is 0 Å². The van der Waals surface area contributed by atoms with Crippen LogP contribution in [0.3, 0.4) is 0 Å². The number of thioether (sulfide) groups is 1. The molecule has 0 bridgehead atoms. The van der Waals surface area contributed by atoms with Crippen LogP contribution in [0.4, 0.5) is 0 Å². The van der Waals surface area contributed by atoms with Crippen LogP contribution < -0.4 is 11.1 Å². The summed E-state index contributed by atoms with van der Waals surface area (Å²) < 4.78 is 0. The smallest absolute Gasteiger partial charge is 0.141 e. The molecule has 2 unspecified atom stereocenters. The van der Waals surface area contributed by atoms with Gasteiger partial charge in [-0.25, -0.2) is 0 Å². The van der Waals surface area contributed by atoms with E-state index in [1.165, 1.54) is 0 Å². The molecule has 0 fully saturated rings. The molecule has 5 heteroatoms. The highest BCUT2D eigenvalue weighted by Crippen LogP contribution is 2.17. The minimum atomic E-state index is 0.0890. The highest BCUT2D eigenvalue weighted by Gasteiger charge is 2.13. The van der Waals surface area contributed by atoms with Crippen molar-refractivity contribution in [1.29, 1.82) is 0 Å². The molecular weight excluding hydrogens is 258 g/mol. The van der Waals surface area contributed by atoms with E-state index in [1.807, 2.05) is 30.0 Å². The van der Waals surface area contributed by atoms with Gasteiger partial charge < -0.3 is 16.3 Å². The molecule has 1 aromatic carbocycles. The summed E-state index contributed by atoms with van der Waals surface area (Å²) in [4.78, 5) is 0. The lowest BCUT2D eigenvalue weighted by molar-refractivity contribution is 0.315. The van der Waals surface area contributed by atoms with Crippen LogP contribution in [0.15, 0.2) is 35.5 Å². The number of nitrogens with two attached hydrogens (primary N) is 1. The zero-order chi connectivity index (χ0) is 14.1. The van der Waals surface area contributed by atoms with E-state index in [1.54, 1.807) is 0 Å². The van der Waals surface area contributed by atoms with Crippen molar-refractivity contribution in [3.05, 3.63) is 35.9 Å². The van der Waals surface area contributed by atoms with Crippen LogP contribution in [0.1, 0.15) is 31.4 Å². The summed E-state index contributed by atoms with van der Waals surface area (Å²) >= 11 is 1.86. The molecule has 0 saturated carbocycles. The van der Waals surface area contributed by atoms with Gasteiger partial charge in [-0.15, -0.1) is 0 Å². The number of hydrogen-bond acceptors (Lipinski definition) is 4. The average molecular weight is 281 g/mol. The summed E-state index contributed by atoms with van der Waals surface area (Å²) in [6, 6.07) is 10.2. The lowest BCUT2D eigenvalue weighted by atomic mass is 10.0. The van der Waals surface area contributed by atoms with Crippen LogP contribution in [-0.4, -0.2) is 29.1 Å². The van der Waals surface area contributed by atoms with Gasteiger partial charge in [0.05, 0.1) is 0 Å². The first-order valence-electron chi connectivity index (χ1n) is 6.45. The number of benzene rings is 1. The lowest BCUT2D eigenvalue weighted by Gasteiger charge is -2.19. The molecule has 1 rings (SSSR count). The van der Waals surface area contributed by atoms with E-state index >= 15 is 0 Å². The Kier molecular flexibility index (Phi) is 7.36. The fourth-order valence-electron chi connectivity index (χ4n) is 1.82. The highest BCUT2D eigenvalue weighted by molar-refractivity contribution is 7.99. The van der Waals surface area contributed by atoms with E-state index in [0.717, 1.165) is 18.5 Å². The van der Waals surface area contributed by atoms with Crippen molar-refractivity contribution in [2.24, 2.45) is 10.9 Å². The van der Waals surface area contributed by atoms with Crippen LogP contribution in [0, 0.1) is 0 Å². The Morgan fingerprint density at radius 3 is 2.68 bits per heavy atom. The molecule has 0 aliphatic carbocycles. The average Bonchev–Trinajstić information content (AvgIpc) is 2.46. The largest absolute Gasteiger partial charge is 0.409 e. The second kappa shape index (κ2) is 8.82. The van der Waals surface area contributed by atoms with Crippen molar-refractivity contribution in [2.45, 2.75) is 31.1 Å². The number of rotatable bonds is 8. The molecule has 106 valence electrons. The second-order valence-electron chi connectivity index (χ2n) is 4.55. The molecule has 4 N–H and O–H groups in total. The number of nitrogens with zero attached hydrogens (tertiary/aromatic N) is 1. The standard InChI is InChI=1S/C14H23N3OS/c1-11(19-2)8-9-16-13(10-14(15)17-18)12-6-4-3-5-7-12/h3-7,11,13,16,18H,8-10H2,1-2H3,(H2,15,17). The van der Waals surface area contributed by atoms with E-state index in [2.05, 4.69) is 35.8 Å². The van der Waals surface area contributed by atoms with E-state index in [-0.39, 0.29) is 11.9 Å². The first-order chi connectivity index (χ1) is 9.17. The Hall–Kier alpha value is -1.20. The second-order valence-corrected chi connectivity index (χ2v) is 5.82. The summed E-state index contributed by atoms with van der Waals surface area (Å²) in [5, 5.41) is 15.9. The molecule has 2 atom stereocenters. The maximum atomic E-state index is 8.71. The van der Waals surface area contributed by atoms with E-state index in [4.69, 9.17) is 10.9 Å². The molecule has 19 heavy (non-hydrogen) atoms. The van der Waals surface area contributed by atoms with Gasteiger partial charge in [-0.3, -0.25) is 0 Å². The van der Waals surface area contributed by atoms with Crippen LogP contribution in [0.5, 0.6) is 0 Å². The Morgan fingerprint density at radius 1 is 1.42 bits per heavy atom. The summed E-state index contributed by atoms with van der Waals surface area (Å²) in [5.74, 6) is 0.249. The summed E-state index contributed by atoms with van der Waals surface area (Å²) in [5.41, 5.74) is 6.78. The quantitative estimate of drug-likeness (QED) is 0.296. The molecular formula is C14H23N3OS. The predicted octanol–water partition coefficient (Wildman–Crippen LogP) is 2.60. The number of nitrogens with one attached hydrogen (secondary N) is 1. The first kappa shape index (κ1) is 15.9. The molecule has 0 heterocycles. The van der Waals surface area contributed by atoms with E-state index in [0.29, 0.717) is 11.7 Å². The summed E-state index contributed by atoms with van der Waals surface area (Å²) in [7, 11) is 0. The van der Waals surface area contributed by atoms with Crippen LogP contribution in [0.25, 0.3) is 0 Å². The van der Waals surface area contributed by atoms with Gasteiger partial charge in [-0.05, 0) is 24.8 Å². The van der Waals surface area contributed by atoms with Gasteiger partial charge in [0.25, 0.3) is 0 Å². The molecule has 0 aliphatic rings. The van der Waals surface area contributed by atoms with E-state index in [9.17, 15) is 0 Å². The molecule has 0 radical (unpaired) electrons. The van der Waals surface area contributed by atoms with Crippen LogP contribution >= 0.6 is 11.8 Å². The van der Waals surface area contributed by atoms with Gasteiger partial charge in [0.2, 0.25) is 0 Å². The molecule has 0 aliphatic heterocycles. The monoisotopic (exact) mass is 281 g/mol. The Morgan fingerprint density at radius 2 is 2.11 bits per heavy atom. The van der Waals surface area contributed by atoms with Crippen molar-refractivity contribution in [3.8, 4) is 0 Å². The zero-order valence-electron chi connectivity index (χ0n) is 11.5. The summed E-state index contributed by atoms with van der Waals surface area (Å²) in [6.45, 7) is 3.13. The van der Waals surface area contributed by atoms with Crippen LogP contribution in [0.2, 0.25) is 0 Å². The minimum Gasteiger partial charge on any atom is -0.409 e. The third-order valence-corrected chi connectivity index (χ3v) is 4.13. The third-order valence-electron chi connectivity index (χ3n) is 3.09. The van der Waals surface area contributed by atoms with Crippen molar-refractivity contribution < 1.29 is 5.21 Å². The fraction of sp³-hybridized carbons (Fsp3) is 0.500. The van der Waals surface area contributed by atoms with Crippen molar-refractivity contribution in [3.63, 3.8) is 0 Å². The zero-order valence-corrected chi connectivity index (χ0v) is 12.4. The summed E-state index contributed by atoms with van der Waals surface area (Å²) in [6.07, 6.45) is 3.73. The number of hydrogen-bond donors (Lipinski definition) is 3. The van der Waals surface area contributed by atoms with Gasteiger partial charge in [0.15, 0.2) is 0 Å². The first-order valence-corrected chi connectivity index (χ1v) is 7.73. The van der Waals surface area contributed by atoms with Gasteiger partial charge in [-0.2, -0.15) is 11.8 Å². The Bertz CT molecular complexity index is 384. The third kappa shape index (κ3) is 5.98. The van der Waals surface area contributed by atoms with Gasteiger partial charge in [0.1, 0.15) is 5.84 Å². The number of amidine groups is 1. The van der Waals surface area contributed by atoms with Gasteiger partial charge in [0, 0.05) is 17.7 Å². The lowest BCUT2D eigenvalue weighted by Crippen LogP contribution is -2.28. The Labute approximate surface area is 119 Å². The maximum absolute atomic E-state index is 8.71. The minimum absolute atomic E-state index is 0.0890. The fourth-order valence-corrected chi connectivity index (χ4v) is 2.18. The van der Waals surface area contributed by atoms with Crippen molar-refractivity contribution in [1.82, 2.24) is 5.32 Å². The number of oxime groups is 1. The molecule has 4 nitrogen and oxygen atoms in total.